The summed E-state index contributed by atoms with van der Waals surface area (Å²) in [6.45, 7) is 3.32. The molecule has 1 saturated carbocycles. The Labute approximate surface area is 214 Å². The van der Waals surface area contributed by atoms with Gasteiger partial charge in [0.25, 0.3) is 0 Å². The first kappa shape index (κ1) is 23.7. The maximum Gasteiger partial charge on any atom is 0.230 e. The first-order chi connectivity index (χ1) is 17.6. The molecule has 192 valence electrons. The quantitative estimate of drug-likeness (QED) is 0.604. The van der Waals surface area contributed by atoms with Crippen molar-refractivity contribution in [3.05, 3.63) is 42.1 Å². The van der Waals surface area contributed by atoms with Crippen molar-refractivity contribution in [2.45, 2.75) is 89.1 Å². The van der Waals surface area contributed by atoms with Crippen LogP contribution in [0, 0.1) is 5.92 Å². The van der Waals surface area contributed by atoms with Crippen molar-refractivity contribution in [3.8, 4) is 0 Å². The van der Waals surface area contributed by atoms with Gasteiger partial charge in [-0.2, -0.15) is 0 Å². The summed E-state index contributed by atoms with van der Waals surface area (Å²) >= 11 is 0. The predicted molar refractivity (Wildman–Crippen MR) is 142 cm³/mol. The zero-order chi connectivity index (χ0) is 24.6. The number of anilines is 4. The molecule has 1 N–H and O–H groups in total. The highest BCUT2D eigenvalue weighted by Gasteiger charge is 2.41. The van der Waals surface area contributed by atoms with Gasteiger partial charge in [0.05, 0.1) is 30.1 Å². The molecule has 36 heavy (non-hydrogen) atoms. The van der Waals surface area contributed by atoms with Crippen molar-refractivity contribution in [3.63, 3.8) is 0 Å². The number of hydrogen-bond acceptors (Lipinski definition) is 6. The fraction of sp³-hybridized carbons (Fsp3) is 0.586. The van der Waals surface area contributed by atoms with E-state index in [4.69, 9.17) is 9.47 Å². The minimum absolute atomic E-state index is 0.0325. The molecule has 0 radical (unpaired) electrons. The summed E-state index contributed by atoms with van der Waals surface area (Å²) in [4.78, 5) is 23.3. The molecule has 1 aromatic carbocycles. The highest BCUT2D eigenvalue weighted by atomic mass is 16.5. The zero-order valence-electron chi connectivity index (χ0n) is 21.5. The Hall–Kier alpha value is -2.64. The van der Waals surface area contributed by atoms with Crippen molar-refractivity contribution < 1.29 is 14.3 Å². The highest BCUT2D eigenvalue weighted by molar-refractivity contribution is 6.00. The maximum absolute atomic E-state index is 14.1. The standard InChI is InChI=1S/C29H38N4O3/c1-3-36-24-11-6-19(7-12-24)29(34)32-18-20-5-4-14-30-28(20)31-26-13-10-23(17-27(26)32)33-21-8-9-22(33)16-25(15-21)35-2/h4-5,10,13-14,17,19,21-22,24-25H,3,6-9,11-12,15-16,18H2,1-2H3,(H,30,31)/t19-,21-,22?,24-,25+/m1/s1. The number of amides is 1. The predicted octanol–water partition coefficient (Wildman–Crippen LogP) is 5.41. The molecule has 4 aliphatic rings. The Morgan fingerprint density at radius 2 is 1.83 bits per heavy atom. The van der Waals surface area contributed by atoms with E-state index in [-0.39, 0.29) is 11.8 Å². The summed E-state index contributed by atoms with van der Waals surface area (Å²) in [5, 5.41) is 3.54. The van der Waals surface area contributed by atoms with Crippen LogP contribution in [0.1, 0.15) is 63.9 Å². The van der Waals surface area contributed by atoms with Crippen LogP contribution in [-0.2, 0) is 20.8 Å². The van der Waals surface area contributed by atoms with E-state index in [1.807, 2.05) is 31.2 Å². The lowest BCUT2D eigenvalue weighted by atomic mass is 9.86. The number of rotatable bonds is 5. The van der Waals surface area contributed by atoms with Gasteiger partial charge in [0.15, 0.2) is 0 Å². The lowest BCUT2D eigenvalue weighted by molar-refractivity contribution is -0.124. The van der Waals surface area contributed by atoms with Gasteiger partial charge in [-0.15, -0.1) is 0 Å². The fourth-order valence-corrected chi connectivity index (χ4v) is 6.94. The van der Waals surface area contributed by atoms with Crippen LogP contribution in [0.5, 0.6) is 0 Å². The zero-order valence-corrected chi connectivity index (χ0v) is 21.5. The molecule has 1 amide bonds. The molecule has 7 nitrogen and oxygen atoms in total. The number of carbonyl (C=O) groups is 1. The molecule has 0 spiro atoms. The second-order valence-corrected chi connectivity index (χ2v) is 10.8. The van der Waals surface area contributed by atoms with Crippen LogP contribution in [0.25, 0.3) is 0 Å². The first-order valence-corrected chi connectivity index (χ1v) is 13.7. The summed E-state index contributed by atoms with van der Waals surface area (Å²) in [6.07, 6.45) is 10.7. The second kappa shape index (κ2) is 10.0. The van der Waals surface area contributed by atoms with Gasteiger partial charge >= 0.3 is 0 Å². The molecule has 7 heteroatoms. The molecule has 2 bridgehead atoms. The number of nitrogens with one attached hydrogen (secondary N) is 1. The average molecular weight is 491 g/mol. The van der Waals surface area contributed by atoms with E-state index in [0.717, 1.165) is 67.9 Å². The molecule has 2 saturated heterocycles. The van der Waals surface area contributed by atoms with E-state index in [2.05, 4.69) is 39.5 Å². The Morgan fingerprint density at radius 1 is 1.06 bits per heavy atom. The number of ether oxygens (including phenoxy) is 2. The van der Waals surface area contributed by atoms with Crippen LogP contribution in [0.3, 0.4) is 0 Å². The van der Waals surface area contributed by atoms with E-state index < -0.39 is 0 Å². The third-order valence-corrected chi connectivity index (χ3v) is 8.76. The van der Waals surface area contributed by atoms with Gasteiger partial charge in [0.1, 0.15) is 5.82 Å². The average Bonchev–Trinajstić information content (AvgIpc) is 3.08. The van der Waals surface area contributed by atoms with Crippen LogP contribution in [-0.4, -0.2) is 48.9 Å². The number of aromatic nitrogens is 1. The normalized spacial score (nSPS) is 29.2. The van der Waals surface area contributed by atoms with Crippen molar-refractivity contribution >= 4 is 28.8 Å². The van der Waals surface area contributed by atoms with Gasteiger partial charge in [-0.3, -0.25) is 4.79 Å². The number of pyridine rings is 1. The lowest BCUT2D eigenvalue weighted by Gasteiger charge is -2.40. The number of benzene rings is 1. The Kier molecular flexibility index (Phi) is 6.61. The smallest absolute Gasteiger partial charge is 0.230 e. The molecule has 1 aromatic heterocycles. The van der Waals surface area contributed by atoms with Crippen molar-refractivity contribution in [2.24, 2.45) is 5.92 Å². The van der Waals surface area contributed by atoms with Gasteiger partial charge in [-0.05, 0) is 82.6 Å². The number of carbonyl (C=O) groups excluding carboxylic acids is 1. The van der Waals surface area contributed by atoms with Crippen LogP contribution in [0.15, 0.2) is 36.5 Å². The van der Waals surface area contributed by atoms with Gasteiger partial charge in [0.2, 0.25) is 5.91 Å². The summed E-state index contributed by atoms with van der Waals surface area (Å²) in [7, 11) is 1.84. The molecule has 4 heterocycles. The molecule has 3 aliphatic heterocycles. The fourth-order valence-electron chi connectivity index (χ4n) is 6.94. The van der Waals surface area contributed by atoms with Gasteiger partial charge in [0, 0.05) is 49.2 Å². The number of fused-ring (bicyclic) bond motifs is 4. The molecule has 6 rings (SSSR count). The molecular weight excluding hydrogens is 452 g/mol. The van der Waals surface area contributed by atoms with Crippen LogP contribution >= 0.6 is 0 Å². The number of hydrogen-bond donors (Lipinski definition) is 1. The summed E-state index contributed by atoms with van der Waals surface area (Å²) in [6, 6.07) is 11.6. The molecule has 1 aliphatic carbocycles. The monoisotopic (exact) mass is 490 g/mol. The third kappa shape index (κ3) is 4.37. The van der Waals surface area contributed by atoms with Crippen molar-refractivity contribution in [2.75, 3.05) is 28.8 Å². The topological polar surface area (TPSA) is 66.9 Å². The minimum Gasteiger partial charge on any atom is -0.381 e. The Bertz CT molecular complexity index is 1090. The molecule has 2 aromatic rings. The molecular formula is C29H38N4O3. The first-order valence-electron chi connectivity index (χ1n) is 13.7. The van der Waals surface area contributed by atoms with E-state index >= 15 is 0 Å². The summed E-state index contributed by atoms with van der Waals surface area (Å²) < 4.78 is 11.6. The minimum atomic E-state index is 0.0325. The van der Waals surface area contributed by atoms with Gasteiger partial charge < -0.3 is 24.6 Å². The number of methoxy groups -OCH3 is 1. The van der Waals surface area contributed by atoms with E-state index in [1.165, 1.54) is 18.5 Å². The van der Waals surface area contributed by atoms with Crippen molar-refractivity contribution in [1.82, 2.24) is 4.98 Å². The molecule has 1 unspecified atom stereocenters. The van der Waals surface area contributed by atoms with Gasteiger partial charge in [-0.1, -0.05) is 6.07 Å². The van der Waals surface area contributed by atoms with Crippen molar-refractivity contribution in [1.29, 1.82) is 0 Å². The summed E-state index contributed by atoms with van der Waals surface area (Å²) in [5.74, 6) is 1.09. The SMILES string of the molecule is CCO[C@H]1CC[C@H](C(=O)N2Cc3cccnc3Nc3ccc(N4C5CC[C@@H]4C[C@H](OC)C5)cc32)CC1. The number of piperidine rings is 1. The number of nitrogens with zero attached hydrogens (tertiary/aromatic N) is 3. The highest BCUT2D eigenvalue weighted by Crippen LogP contribution is 2.44. The van der Waals surface area contributed by atoms with Crippen LogP contribution in [0.2, 0.25) is 0 Å². The molecule has 3 atom stereocenters. The Balaban J connectivity index is 1.32. The largest absolute Gasteiger partial charge is 0.381 e. The summed E-state index contributed by atoms with van der Waals surface area (Å²) in [5.41, 5.74) is 4.18. The van der Waals surface area contributed by atoms with Gasteiger partial charge in [-0.25, -0.2) is 4.98 Å². The maximum atomic E-state index is 14.1. The van der Waals surface area contributed by atoms with E-state index in [9.17, 15) is 4.79 Å². The Morgan fingerprint density at radius 3 is 2.56 bits per heavy atom. The van der Waals surface area contributed by atoms with Crippen LogP contribution in [0.4, 0.5) is 22.9 Å². The van der Waals surface area contributed by atoms with E-state index in [0.29, 0.717) is 30.8 Å². The second-order valence-electron chi connectivity index (χ2n) is 10.8. The third-order valence-electron chi connectivity index (χ3n) is 8.76. The van der Waals surface area contributed by atoms with Crippen LogP contribution < -0.4 is 15.1 Å². The van der Waals surface area contributed by atoms with E-state index in [1.54, 1.807) is 0 Å². The lowest BCUT2D eigenvalue weighted by Crippen LogP contribution is -2.45. The molecule has 3 fully saturated rings.